The molecular formula is C23H23N7O2. The van der Waals surface area contributed by atoms with Gasteiger partial charge in [-0.15, -0.1) is 10.2 Å². The van der Waals surface area contributed by atoms with Crippen molar-refractivity contribution in [1.29, 1.82) is 0 Å². The average molecular weight is 429 g/mol. The number of nitrogens with zero attached hydrogens (tertiary/aromatic N) is 5. The first kappa shape index (κ1) is 21.0. The van der Waals surface area contributed by atoms with Gasteiger partial charge in [0.2, 0.25) is 5.88 Å². The maximum atomic E-state index is 12.4. The molecule has 9 nitrogen and oxygen atoms in total. The lowest BCUT2D eigenvalue weighted by atomic mass is 10.2. The molecule has 2 N–H and O–H groups in total. The monoisotopic (exact) mass is 429 g/mol. The van der Waals surface area contributed by atoms with Gasteiger partial charge in [-0.05, 0) is 69.3 Å². The number of pyridine rings is 1. The van der Waals surface area contributed by atoms with E-state index in [0.29, 0.717) is 35.4 Å². The highest BCUT2D eigenvalue weighted by Crippen LogP contribution is 2.19. The Balaban J connectivity index is 1.37. The lowest BCUT2D eigenvalue weighted by Gasteiger charge is -2.09. The van der Waals surface area contributed by atoms with E-state index in [0.717, 1.165) is 17.1 Å². The van der Waals surface area contributed by atoms with Crippen LogP contribution in [-0.2, 0) is 0 Å². The number of carbonyl (C=O) groups is 1. The van der Waals surface area contributed by atoms with Crippen LogP contribution in [0.15, 0.2) is 60.8 Å². The Kier molecular flexibility index (Phi) is 6.07. The zero-order valence-corrected chi connectivity index (χ0v) is 18.0. The van der Waals surface area contributed by atoms with Crippen LogP contribution in [0.1, 0.15) is 28.7 Å². The highest BCUT2D eigenvalue weighted by Gasteiger charge is 2.08. The third-order valence-electron chi connectivity index (χ3n) is 4.58. The maximum Gasteiger partial charge on any atom is 0.257 e. The molecule has 0 saturated heterocycles. The van der Waals surface area contributed by atoms with Crippen LogP contribution in [0.2, 0.25) is 0 Å². The van der Waals surface area contributed by atoms with Gasteiger partial charge in [-0.3, -0.25) is 4.79 Å². The molecule has 0 aliphatic carbocycles. The quantitative estimate of drug-likeness (QED) is 0.456. The fourth-order valence-corrected chi connectivity index (χ4v) is 3.10. The van der Waals surface area contributed by atoms with Gasteiger partial charge in [-0.25, -0.2) is 9.67 Å². The molecule has 0 saturated carbocycles. The van der Waals surface area contributed by atoms with E-state index in [1.165, 1.54) is 6.20 Å². The fraction of sp³-hybridized carbons (Fsp3) is 0.174. The van der Waals surface area contributed by atoms with E-state index < -0.39 is 0 Å². The number of benzene rings is 1. The van der Waals surface area contributed by atoms with Crippen molar-refractivity contribution in [2.45, 2.75) is 20.8 Å². The number of amides is 1. The van der Waals surface area contributed by atoms with E-state index in [2.05, 4.69) is 30.9 Å². The summed E-state index contributed by atoms with van der Waals surface area (Å²) in [4.78, 5) is 16.5. The minimum Gasteiger partial charge on any atom is -0.478 e. The number of ether oxygens (including phenoxy) is 1. The minimum absolute atomic E-state index is 0.244. The standard InChI is InChI=1S/C23H23N7O2/c1-4-32-22-12-5-17(14-24-22)23(31)26-19-8-6-18(7-9-19)25-20-10-11-21(28-27-20)30-16(3)13-15(2)29-30/h5-14H,4H2,1-3H3,(H,25,27)(H,26,31). The smallest absolute Gasteiger partial charge is 0.257 e. The predicted octanol–water partition coefficient (Wildman–Crippen LogP) is 4.07. The van der Waals surface area contributed by atoms with Gasteiger partial charge in [0.25, 0.3) is 5.91 Å². The van der Waals surface area contributed by atoms with Crippen molar-refractivity contribution >= 4 is 23.1 Å². The Morgan fingerprint density at radius 2 is 1.78 bits per heavy atom. The summed E-state index contributed by atoms with van der Waals surface area (Å²) in [7, 11) is 0. The zero-order chi connectivity index (χ0) is 22.5. The number of nitrogens with one attached hydrogen (secondary N) is 2. The third-order valence-corrected chi connectivity index (χ3v) is 4.58. The highest BCUT2D eigenvalue weighted by atomic mass is 16.5. The molecule has 32 heavy (non-hydrogen) atoms. The number of rotatable bonds is 7. The van der Waals surface area contributed by atoms with Gasteiger partial charge in [0.15, 0.2) is 11.6 Å². The molecule has 3 aromatic heterocycles. The molecule has 0 aliphatic rings. The van der Waals surface area contributed by atoms with Crippen LogP contribution in [-0.4, -0.2) is 37.5 Å². The van der Waals surface area contributed by atoms with E-state index in [1.807, 2.05) is 51.1 Å². The Hall–Kier alpha value is -4.27. The first-order valence-corrected chi connectivity index (χ1v) is 10.2. The van der Waals surface area contributed by atoms with Gasteiger partial charge < -0.3 is 15.4 Å². The van der Waals surface area contributed by atoms with Gasteiger partial charge >= 0.3 is 0 Å². The molecule has 1 aromatic carbocycles. The minimum atomic E-state index is -0.244. The van der Waals surface area contributed by atoms with Crippen molar-refractivity contribution in [2.75, 3.05) is 17.2 Å². The molecule has 0 unspecified atom stereocenters. The maximum absolute atomic E-state index is 12.4. The molecule has 0 atom stereocenters. The molecule has 1 amide bonds. The van der Waals surface area contributed by atoms with Crippen LogP contribution in [0.4, 0.5) is 17.2 Å². The van der Waals surface area contributed by atoms with Crippen molar-refractivity contribution in [1.82, 2.24) is 25.0 Å². The number of anilines is 3. The first-order valence-electron chi connectivity index (χ1n) is 10.2. The van der Waals surface area contributed by atoms with Gasteiger partial charge in [0.1, 0.15) is 0 Å². The molecule has 9 heteroatoms. The lowest BCUT2D eigenvalue weighted by Crippen LogP contribution is -2.12. The number of aryl methyl sites for hydroxylation is 2. The average Bonchev–Trinajstić information content (AvgIpc) is 3.14. The summed E-state index contributed by atoms with van der Waals surface area (Å²) in [6.45, 7) is 6.32. The van der Waals surface area contributed by atoms with Crippen LogP contribution >= 0.6 is 0 Å². The summed E-state index contributed by atoms with van der Waals surface area (Å²) in [6, 6.07) is 16.3. The van der Waals surface area contributed by atoms with Gasteiger partial charge in [-0.2, -0.15) is 5.10 Å². The first-order chi connectivity index (χ1) is 15.5. The third kappa shape index (κ3) is 4.89. The molecule has 0 bridgehead atoms. The van der Waals surface area contributed by atoms with Crippen molar-refractivity contribution in [3.05, 3.63) is 77.7 Å². The number of aromatic nitrogens is 5. The summed E-state index contributed by atoms with van der Waals surface area (Å²) in [6.07, 6.45) is 1.49. The van der Waals surface area contributed by atoms with Crippen LogP contribution in [0.25, 0.3) is 5.82 Å². The summed E-state index contributed by atoms with van der Waals surface area (Å²) < 4.78 is 7.05. The zero-order valence-electron chi connectivity index (χ0n) is 18.0. The molecular weight excluding hydrogens is 406 g/mol. The molecule has 0 radical (unpaired) electrons. The normalized spacial score (nSPS) is 10.6. The second-order valence-corrected chi connectivity index (χ2v) is 7.09. The van der Waals surface area contributed by atoms with E-state index in [9.17, 15) is 4.79 Å². The largest absolute Gasteiger partial charge is 0.478 e. The number of hydrogen-bond donors (Lipinski definition) is 2. The predicted molar refractivity (Wildman–Crippen MR) is 122 cm³/mol. The van der Waals surface area contributed by atoms with E-state index in [1.54, 1.807) is 28.9 Å². The van der Waals surface area contributed by atoms with Crippen molar-refractivity contribution in [3.63, 3.8) is 0 Å². The Bertz CT molecular complexity index is 1200. The van der Waals surface area contributed by atoms with Crippen LogP contribution in [0.3, 0.4) is 0 Å². The fourth-order valence-electron chi connectivity index (χ4n) is 3.10. The van der Waals surface area contributed by atoms with E-state index in [-0.39, 0.29) is 5.91 Å². The Morgan fingerprint density at radius 3 is 2.38 bits per heavy atom. The molecule has 0 aliphatic heterocycles. The topological polar surface area (TPSA) is 107 Å². The van der Waals surface area contributed by atoms with E-state index in [4.69, 9.17) is 4.74 Å². The highest BCUT2D eigenvalue weighted by molar-refractivity contribution is 6.04. The van der Waals surface area contributed by atoms with Crippen molar-refractivity contribution in [2.24, 2.45) is 0 Å². The molecule has 4 rings (SSSR count). The molecule has 0 fully saturated rings. The van der Waals surface area contributed by atoms with Gasteiger partial charge in [-0.1, -0.05) is 0 Å². The lowest BCUT2D eigenvalue weighted by molar-refractivity contribution is 0.102. The van der Waals surface area contributed by atoms with Crippen LogP contribution < -0.4 is 15.4 Å². The van der Waals surface area contributed by atoms with Gasteiger partial charge in [0, 0.05) is 29.3 Å². The van der Waals surface area contributed by atoms with Crippen LogP contribution in [0.5, 0.6) is 5.88 Å². The molecule has 0 spiro atoms. The van der Waals surface area contributed by atoms with E-state index >= 15 is 0 Å². The van der Waals surface area contributed by atoms with Gasteiger partial charge in [0.05, 0.1) is 17.9 Å². The van der Waals surface area contributed by atoms with Crippen molar-refractivity contribution in [3.8, 4) is 11.7 Å². The number of carbonyl (C=O) groups excluding carboxylic acids is 1. The summed E-state index contributed by atoms with van der Waals surface area (Å²) in [5.41, 5.74) is 3.86. The molecule has 4 aromatic rings. The summed E-state index contributed by atoms with van der Waals surface area (Å²) in [5, 5.41) is 18.9. The Labute approximate surface area is 185 Å². The Morgan fingerprint density at radius 1 is 1.00 bits per heavy atom. The van der Waals surface area contributed by atoms with Crippen LogP contribution in [0, 0.1) is 13.8 Å². The molecule has 162 valence electrons. The summed E-state index contributed by atoms with van der Waals surface area (Å²) >= 11 is 0. The molecule has 3 heterocycles. The van der Waals surface area contributed by atoms with Crippen molar-refractivity contribution < 1.29 is 9.53 Å². The second kappa shape index (κ2) is 9.25. The summed E-state index contributed by atoms with van der Waals surface area (Å²) in [5.74, 6) is 1.51. The number of hydrogen-bond acceptors (Lipinski definition) is 7. The second-order valence-electron chi connectivity index (χ2n) is 7.09. The SMILES string of the molecule is CCOc1ccc(C(=O)Nc2ccc(Nc3ccc(-n4nc(C)cc4C)nn3)cc2)cn1.